The Morgan fingerprint density at radius 1 is 1.09 bits per heavy atom. The van der Waals surface area contributed by atoms with Gasteiger partial charge in [0, 0.05) is 11.3 Å². The van der Waals surface area contributed by atoms with Crippen LogP contribution in [0.15, 0.2) is 83.1 Å². The lowest BCUT2D eigenvalue weighted by Gasteiger charge is -2.28. The monoisotopic (exact) mass is 592 g/mol. The van der Waals surface area contributed by atoms with E-state index in [1.165, 1.54) is 19.4 Å². The van der Waals surface area contributed by atoms with Crippen molar-refractivity contribution in [3.05, 3.63) is 101 Å². The Morgan fingerprint density at radius 2 is 1.86 bits per heavy atom. The first kappa shape index (κ1) is 30.8. The molecule has 0 fully saturated rings. The SMILES string of the molecule is CCOc1cc([C@@H]2NC(=O)NC(C)=C2C(=O)OC)ccc1OC[C@H](O)N/N=C\c1ccc(OCc2ccccc2F)cc1. The van der Waals surface area contributed by atoms with E-state index in [9.17, 15) is 19.1 Å². The fourth-order valence-corrected chi connectivity index (χ4v) is 4.25. The van der Waals surface area contributed by atoms with Crippen molar-refractivity contribution < 1.29 is 38.0 Å². The summed E-state index contributed by atoms with van der Waals surface area (Å²) in [5, 5.41) is 19.7. The van der Waals surface area contributed by atoms with Crippen LogP contribution in [0.4, 0.5) is 9.18 Å². The van der Waals surface area contributed by atoms with E-state index in [2.05, 4.69) is 21.2 Å². The van der Waals surface area contributed by atoms with Gasteiger partial charge in [-0.05, 0) is 67.4 Å². The molecule has 43 heavy (non-hydrogen) atoms. The van der Waals surface area contributed by atoms with E-state index in [1.54, 1.807) is 74.5 Å². The van der Waals surface area contributed by atoms with Gasteiger partial charge >= 0.3 is 12.0 Å². The lowest BCUT2D eigenvalue weighted by atomic mass is 9.95. The smallest absolute Gasteiger partial charge is 0.337 e. The second-order valence-corrected chi connectivity index (χ2v) is 9.36. The Kier molecular flexibility index (Phi) is 10.5. The number of nitrogens with zero attached hydrogens (tertiary/aromatic N) is 1. The van der Waals surface area contributed by atoms with E-state index >= 15 is 0 Å². The standard InChI is InChI=1S/C31H33FN4O7/c1-4-41-26-15-21(29-28(30(38)40-3)19(2)34-31(39)35-29)11-14-25(26)43-18-27(37)36-33-16-20-9-12-23(13-10-20)42-17-22-7-5-6-8-24(22)32/h5-16,27,29,36-37H,4,17-18H2,1-3H3,(H2,34,35,39)/b33-16-/t27-,29-/m0/s1. The number of methoxy groups -OCH3 is 1. The zero-order valence-electron chi connectivity index (χ0n) is 23.9. The summed E-state index contributed by atoms with van der Waals surface area (Å²) in [7, 11) is 1.27. The van der Waals surface area contributed by atoms with E-state index < -0.39 is 24.3 Å². The predicted octanol–water partition coefficient (Wildman–Crippen LogP) is 3.93. The predicted molar refractivity (Wildman–Crippen MR) is 156 cm³/mol. The molecule has 0 unspecified atom stereocenters. The maximum Gasteiger partial charge on any atom is 0.337 e. The number of carbonyl (C=O) groups excluding carboxylic acids is 2. The minimum Gasteiger partial charge on any atom is -0.490 e. The molecule has 2 atom stereocenters. The molecule has 0 radical (unpaired) electrons. The summed E-state index contributed by atoms with van der Waals surface area (Å²) in [5.74, 6) is 0.393. The lowest BCUT2D eigenvalue weighted by Crippen LogP contribution is -2.45. The molecular weight excluding hydrogens is 559 g/mol. The van der Waals surface area contributed by atoms with Gasteiger partial charge in [0.1, 0.15) is 24.8 Å². The number of halogens is 1. The van der Waals surface area contributed by atoms with Gasteiger partial charge in [0.2, 0.25) is 0 Å². The summed E-state index contributed by atoms with van der Waals surface area (Å²) in [6.07, 6.45) is 0.375. The lowest BCUT2D eigenvalue weighted by molar-refractivity contribution is -0.136. The highest BCUT2D eigenvalue weighted by Gasteiger charge is 2.32. The number of ether oxygens (including phenoxy) is 4. The highest BCUT2D eigenvalue weighted by molar-refractivity contribution is 5.95. The summed E-state index contributed by atoms with van der Waals surface area (Å²) in [6, 6.07) is 17.2. The Balaban J connectivity index is 1.33. The van der Waals surface area contributed by atoms with Gasteiger partial charge in [0.25, 0.3) is 0 Å². The molecule has 12 heteroatoms. The van der Waals surface area contributed by atoms with Crippen LogP contribution in [0.1, 0.15) is 36.6 Å². The molecule has 1 aliphatic rings. The molecule has 1 heterocycles. The van der Waals surface area contributed by atoms with E-state index in [1.807, 2.05) is 0 Å². The van der Waals surface area contributed by atoms with Gasteiger partial charge in [-0.25, -0.2) is 14.0 Å². The van der Waals surface area contributed by atoms with Crippen molar-refractivity contribution in [1.82, 2.24) is 16.1 Å². The number of urea groups is 1. The fourth-order valence-electron chi connectivity index (χ4n) is 4.25. The molecule has 3 aromatic rings. The molecular formula is C31H33FN4O7. The number of allylic oxidation sites excluding steroid dienone is 1. The first-order chi connectivity index (χ1) is 20.8. The van der Waals surface area contributed by atoms with Gasteiger partial charge in [-0.15, -0.1) is 0 Å². The van der Waals surface area contributed by atoms with Gasteiger partial charge in [-0.3, -0.25) is 5.43 Å². The average Bonchev–Trinajstić information content (AvgIpc) is 3.00. The topological polar surface area (TPSA) is 140 Å². The molecule has 0 aromatic heterocycles. The first-order valence-electron chi connectivity index (χ1n) is 13.5. The zero-order chi connectivity index (χ0) is 30.8. The summed E-state index contributed by atoms with van der Waals surface area (Å²) >= 11 is 0. The summed E-state index contributed by atoms with van der Waals surface area (Å²) in [5.41, 5.74) is 5.03. The number of hydrazone groups is 1. The Morgan fingerprint density at radius 3 is 2.58 bits per heavy atom. The number of hydrogen-bond donors (Lipinski definition) is 4. The van der Waals surface area contributed by atoms with Crippen LogP contribution in [0.25, 0.3) is 0 Å². The Labute approximate surface area is 248 Å². The van der Waals surface area contributed by atoms with Gasteiger partial charge < -0.3 is 34.7 Å². The molecule has 0 spiro atoms. The molecule has 0 saturated carbocycles. The second-order valence-electron chi connectivity index (χ2n) is 9.36. The first-order valence-corrected chi connectivity index (χ1v) is 13.5. The third-order valence-corrected chi connectivity index (χ3v) is 6.34. The quantitative estimate of drug-likeness (QED) is 0.101. The molecule has 0 bridgehead atoms. The Hall–Kier alpha value is -5.10. The fraction of sp³-hybridized carbons (Fsp3) is 0.258. The molecule has 226 valence electrons. The molecule has 0 saturated heterocycles. The molecule has 11 nitrogen and oxygen atoms in total. The van der Waals surface area contributed by atoms with Crippen LogP contribution in [0.5, 0.6) is 17.2 Å². The van der Waals surface area contributed by atoms with Gasteiger partial charge in [-0.1, -0.05) is 24.3 Å². The maximum atomic E-state index is 13.8. The number of rotatable bonds is 13. The van der Waals surface area contributed by atoms with Crippen LogP contribution in [-0.4, -0.2) is 49.9 Å². The van der Waals surface area contributed by atoms with Crippen LogP contribution in [0.3, 0.4) is 0 Å². The molecule has 2 amide bonds. The largest absolute Gasteiger partial charge is 0.490 e. The average molecular weight is 593 g/mol. The van der Waals surface area contributed by atoms with E-state index in [4.69, 9.17) is 18.9 Å². The number of benzene rings is 3. The van der Waals surface area contributed by atoms with Crippen molar-refractivity contribution in [2.75, 3.05) is 20.3 Å². The number of hydrogen-bond acceptors (Lipinski definition) is 9. The number of carbonyl (C=O) groups is 2. The van der Waals surface area contributed by atoms with Crippen molar-refractivity contribution >= 4 is 18.2 Å². The third-order valence-electron chi connectivity index (χ3n) is 6.34. The molecule has 3 aromatic carbocycles. The van der Waals surface area contributed by atoms with Crippen molar-refractivity contribution in [2.24, 2.45) is 5.10 Å². The van der Waals surface area contributed by atoms with Crippen molar-refractivity contribution in [3.8, 4) is 17.2 Å². The number of aliphatic hydroxyl groups excluding tert-OH is 1. The van der Waals surface area contributed by atoms with Crippen LogP contribution in [-0.2, 0) is 16.1 Å². The highest BCUT2D eigenvalue weighted by Crippen LogP contribution is 2.35. The van der Waals surface area contributed by atoms with Crippen molar-refractivity contribution in [3.63, 3.8) is 0 Å². The molecule has 4 N–H and O–H groups in total. The highest BCUT2D eigenvalue weighted by atomic mass is 19.1. The van der Waals surface area contributed by atoms with E-state index in [0.29, 0.717) is 40.7 Å². The second kappa shape index (κ2) is 14.7. The van der Waals surface area contributed by atoms with Gasteiger partial charge in [0.05, 0.1) is 31.5 Å². The minimum atomic E-state index is -1.14. The van der Waals surface area contributed by atoms with Crippen molar-refractivity contribution in [1.29, 1.82) is 0 Å². The normalized spacial score (nSPS) is 15.4. The maximum absolute atomic E-state index is 13.8. The van der Waals surface area contributed by atoms with E-state index in [-0.39, 0.29) is 24.6 Å². The summed E-state index contributed by atoms with van der Waals surface area (Å²) in [6.45, 7) is 3.71. The number of amides is 2. The summed E-state index contributed by atoms with van der Waals surface area (Å²) < 4.78 is 35.8. The minimum absolute atomic E-state index is 0.113. The number of aliphatic hydroxyl groups is 1. The van der Waals surface area contributed by atoms with Crippen LogP contribution in [0, 0.1) is 5.82 Å². The zero-order valence-corrected chi connectivity index (χ0v) is 23.9. The number of nitrogens with one attached hydrogen (secondary N) is 3. The molecule has 4 rings (SSSR count). The summed E-state index contributed by atoms with van der Waals surface area (Å²) in [4.78, 5) is 24.5. The molecule has 1 aliphatic heterocycles. The van der Waals surface area contributed by atoms with E-state index in [0.717, 1.165) is 5.56 Å². The van der Waals surface area contributed by atoms with Crippen LogP contribution in [0.2, 0.25) is 0 Å². The van der Waals surface area contributed by atoms with Gasteiger partial charge in [-0.2, -0.15) is 5.10 Å². The number of esters is 1. The molecule has 0 aliphatic carbocycles. The van der Waals surface area contributed by atoms with Crippen LogP contribution >= 0.6 is 0 Å². The third kappa shape index (κ3) is 8.23. The van der Waals surface area contributed by atoms with Gasteiger partial charge in [0.15, 0.2) is 17.7 Å². The van der Waals surface area contributed by atoms with Crippen molar-refractivity contribution in [2.45, 2.75) is 32.7 Å². The Bertz CT molecular complexity index is 1490. The van der Waals surface area contributed by atoms with Crippen LogP contribution < -0.4 is 30.3 Å².